The van der Waals surface area contributed by atoms with Crippen LogP contribution in [-0.4, -0.2) is 36.3 Å². The molecule has 0 bridgehead atoms. The number of carbonyl (C=O) groups excluding carboxylic acids is 3. The fourth-order valence-corrected chi connectivity index (χ4v) is 3.96. The van der Waals surface area contributed by atoms with Crippen molar-refractivity contribution in [1.82, 2.24) is 15.8 Å². The lowest BCUT2D eigenvalue weighted by Crippen LogP contribution is -2.47. The molecule has 180 valence electrons. The van der Waals surface area contributed by atoms with Gasteiger partial charge in [0.2, 0.25) is 0 Å². The quantitative estimate of drug-likeness (QED) is 0.468. The van der Waals surface area contributed by atoms with E-state index in [9.17, 15) is 14.4 Å². The third-order valence-corrected chi connectivity index (χ3v) is 5.65. The minimum atomic E-state index is -0.784. The minimum Gasteiger partial charge on any atom is -0.463 e. The zero-order valence-corrected chi connectivity index (χ0v) is 19.7. The summed E-state index contributed by atoms with van der Waals surface area (Å²) < 4.78 is 16.0. The maximum absolute atomic E-state index is 13.1. The second kappa shape index (κ2) is 10.4. The van der Waals surface area contributed by atoms with E-state index in [1.54, 1.807) is 62.4 Å². The number of carbonyl (C=O) groups is 3. The van der Waals surface area contributed by atoms with Crippen LogP contribution < -0.4 is 10.6 Å². The Kier molecular flexibility index (Phi) is 7.17. The van der Waals surface area contributed by atoms with Gasteiger partial charge in [-0.15, -0.1) is 0 Å². The maximum atomic E-state index is 13.1. The second-order valence-corrected chi connectivity index (χ2v) is 7.98. The van der Waals surface area contributed by atoms with Crippen molar-refractivity contribution in [2.24, 2.45) is 0 Å². The Hall–Kier alpha value is -4.11. The summed E-state index contributed by atoms with van der Waals surface area (Å²) in [4.78, 5) is 38.3. The van der Waals surface area contributed by atoms with Gasteiger partial charge in [-0.05, 0) is 25.5 Å². The Balaban J connectivity index is 1.66. The van der Waals surface area contributed by atoms with E-state index < -0.39 is 30.6 Å². The highest BCUT2D eigenvalue weighted by atomic mass is 35.5. The number of amides is 2. The minimum absolute atomic E-state index is 0.0938. The largest absolute Gasteiger partial charge is 0.463 e. The number of hydrogen-bond acceptors (Lipinski definition) is 7. The number of hydrogen-bond donors (Lipinski definition) is 2. The first-order chi connectivity index (χ1) is 16.9. The third kappa shape index (κ3) is 5.04. The lowest BCUT2D eigenvalue weighted by atomic mass is 9.95. The van der Waals surface area contributed by atoms with Crippen LogP contribution in [0.25, 0.3) is 11.3 Å². The molecular formula is C25H22ClN3O6. The molecule has 0 radical (unpaired) electrons. The molecule has 9 nitrogen and oxygen atoms in total. The number of rotatable bonds is 7. The van der Waals surface area contributed by atoms with E-state index in [1.807, 2.05) is 6.07 Å². The summed E-state index contributed by atoms with van der Waals surface area (Å²) in [6.45, 7) is 2.99. The van der Waals surface area contributed by atoms with E-state index in [4.69, 9.17) is 25.6 Å². The van der Waals surface area contributed by atoms with Crippen molar-refractivity contribution in [1.29, 1.82) is 0 Å². The zero-order valence-electron chi connectivity index (χ0n) is 19.0. The monoisotopic (exact) mass is 495 g/mol. The Morgan fingerprint density at radius 3 is 2.49 bits per heavy atom. The summed E-state index contributed by atoms with van der Waals surface area (Å²) in [5.41, 5.74) is 1.75. The van der Waals surface area contributed by atoms with E-state index in [-0.39, 0.29) is 34.9 Å². The molecule has 35 heavy (non-hydrogen) atoms. The van der Waals surface area contributed by atoms with E-state index in [2.05, 4.69) is 15.8 Å². The van der Waals surface area contributed by atoms with E-state index in [1.165, 1.54) is 0 Å². The van der Waals surface area contributed by atoms with Crippen LogP contribution in [0.1, 0.15) is 34.6 Å². The molecule has 2 aromatic carbocycles. The van der Waals surface area contributed by atoms with Crippen LogP contribution in [0, 0.1) is 6.92 Å². The van der Waals surface area contributed by atoms with Crippen LogP contribution >= 0.6 is 11.6 Å². The van der Waals surface area contributed by atoms with Crippen LogP contribution in [0.5, 0.6) is 0 Å². The van der Waals surface area contributed by atoms with Crippen molar-refractivity contribution in [3.05, 3.63) is 87.8 Å². The van der Waals surface area contributed by atoms with Gasteiger partial charge in [0.1, 0.15) is 23.6 Å². The van der Waals surface area contributed by atoms with Crippen LogP contribution in [0.2, 0.25) is 5.02 Å². The van der Waals surface area contributed by atoms with E-state index in [0.717, 1.165) is 0 Å². The standard InChI is InChI=1S/C25H22ClN3O6/c1-3-33-24(31)20-18(27-25(32)28-21(20)15-9-5-4-6-10-15)13-34-23(30)19-14(2)35-29-22(19)16-11-7-8-12-17(16)26/h4-12,21H,3,13H2,1-2H3,(H2,27,28,32)/t21-/m0/s1. The summed E-state index contributed by atoms with van der Waals surface area (Å²) in [5.74, 6) is -1.16. The van der Waals surface area contributed by atoms with Gasteiger partial charge in [-0.1, -0.05) is 65.3 Å². The molecule has 0 aliphatic carbocycles. The molecule has 2 amide bonds. The van der Waals surface area contributed by atoms with Crippen LogP contribution in [0.15, 0.2) is 70.4 Å². The van der Waals surface area contributed by atoms with Gasteiger partial charge in [-0.2, -0.15) is 0 Å². The summed E-state index contributed by atoms with van der Waals surface area (Å²) in [6, 6.07) is 14.5. The number of halogens is 1. The van der Waals surface area contributed by atoms with E-state index in [0.29, 0.717) is 16.1 Å². The number of aromatic nitrogens is 1. The molecule has 1 atom stereocenters. The lowest BCUT2D eigenvalue weighted by molar-refractivity contribution is -0.139. The van der Waals surface area contributed by atoms with Gasteiger partial charge in [-0.3, -0.25) is 0 Å². The second-order valence-electron chi connectivity index (χ2n) is 7.57. The molecule has 0 saturated carbocycles. The number of nitrogens with zero attached hydrogens (tertiary/aromatic N) is 1. The molecule has 0 unspecified atom stereocenters. The summed E-state index contributed by atoms with van der Waals surface area (Å²) in [7, 11) is 0. The molecule has 2 heterocycles. The average Bonchev–Trinajstić information content (AvgIpc) is 3.24. The molecule has 10 heteroatoms. The average molecular weight is 496 g/mol. The normalized spacial score (nSPS) is 15.3. The summed E-state index contributed by atoms with van der Waals surface area (Å²) in [5, 5.41) is 9.65. The van der Waals surface area contributed by atoms with Gasteiger partial charge in [0.05, 0.1) is 28.9 Å². The highest BCUT2D eigenvalue weighted by Crippen LogP contribution is 2.32. The first-order valence-corrected chi connectivity index (χ1v) is 11.2. The molecule has 2 N–H and O–H groups in total. The van der Waals surface area contributed by atoms with Crippen LogP contribution in [-0.2, 0) is 14.3 Å². The Morgan fingerprint density at radius 1 is 1.06 bits per heavy atom. The number of urea groups is 1. The van der Waals surface area contributed by atoms with Crippen molar-refractivity contribution < 1.29 is 28.4 Å². The first-order valence-electron chi connectivity index (χ1n) is 10.8. The Labute approximate surface area is 206 Å². The van der Waals surface area contributed by atoms with Gasteiger partial charge < -0.3 is 24.6 Å². The molecule has 1 aliphatic rings. The van der Waals surface area contributed by atoms with E-state index >= 15 is 0 Å². The molecule has 4 rings (SSSR count). The van der Waals surface area contributed by atoms with Gasteiger partial charge in [0.25, 0.3) is 0 Å². The number of esters is 2. The van der Waals surface area contributed by atoms with Gasteiger partial charge in [-0.25, -0.2) is 14.4 Å². The van der Waals surface area contributed by atoms with Gasteiger partial charge in [0.15, 0.2) is 0 Å². The zero-order chi connectivity index (χ0) is 24.9. The summed E-state index contributed by atoms with van der Waals surface area (Å²) >= 11 is 6.27. The molecular weight excluding hydrogens is 474 g/mol. The highest BCUT2D eigenvalue weighted by molar-refractivity contribution is 6.33. The number of benzene rings is 2. The smallest absolute Gasteiger partial charge is 0.344 e. The number of nitrogens with one attached hydrogen (secondary N) is 2. The Morgan fingerprint density at radius 2 is 1.77 bits per heavy atom. The highest BCUT2D eigenvalue weighted by Gasteiger charge is 2.34. The maximum Gasteiger partial charge on any atom is 0.344 e. The van der Waals surface area contributed by atoms with Gasteiger partial charge >= 0.3 is 18.0 Å². The van der Waals surface area contributed by atoms with Crippen molar-refractivity contribution in [3.63, 3.8) is 0 Å². The van der Waals surface area contributed by atoms with Crippen LogP contribution in [0.3, 0.4) is 0 Å². The Bertz CT molecular complexity index is 1300. The first kappa shape index (κ1) is 24.0. The predicted molar refractivity (Wildman–Crippen MR) is 126 cm³/mol. The van der Waals surface area contributed by atoms with Crippen molar-refractivity contribution in [2.45, 2.75) is 19.9 Å². The number of aryl methyl sites for hydroxylation is 1. The van der Waals surface area contributed by atoms with Gasteiger partial charge in [0, 0.05) is 5.56 Å². The molecule has 3 aromatic rings. The lowest BCUT2D eigenvalue weighted by Gasteiger charge is -2.29. The number of ether oxygens (including phenoxy) is 2. The van der Waals surface area contributed by atoms with Crippen LogP contribution in [0.4, 0.5) is 4.79 Å². The molecule has 1 aromatic heterocycles. The fourth-order valence-electron chi connectivity index (χ4n) is 3.74. The molecule has 1 aliphatic heterocycles. The van der Waals surface area contributed by atoms with Crippen molar-refractivity contribution in [3.8, 4) is 11.3 Å². The topological polar surface area (TPSA) is 120 Å². The third-order valence-electron chi connectivity index (χ3n) is 5.33. The van der Waals surface area contributed by atoms with Crippen molar-refractivity contribution >= 4 is 29.6 Å². The summed E-state index contributed by atoms with van der Waals surface area (Å²) in [6.07, 6.45) is 0. The molecule has 0 spiro atoms. The molecule has 0 fully saturated rings. The fraction of sp³-hybridized carbons (Fsp3) is 0.200. The SMILES string of the molecule is CCOC(=O)C1=C(COC(=O)c2c(-c3ccccc3Cl)noc2C)NC(=O)N[C@H]1c1ccccc1. The predicted octanol–water partition coefficient (Wildman–Crippen LogP) is 4.33. The molecule has 0 saturated heterocycles. The van der Waals surface area contributed by atoms with Crippen molar-refractivity contribution in [2.75, 3.05) is 13.2 Å².